The van der Waals surface area contributed by atoms with Gasteiger partial charge in [0, 0.05) is 32.7 Å². The number of aryl methyl sites for hydroxylation is 1. The molecule has 0 nitrogen and oxygen atoms in total. The van der Waals surface area contributed by atoms with E-state index in [1.165, 1.54) is 5.56 Å². The van der Waals surface area contributed by atoms with Crippen molar-refractivity contribution in [2.45, 2.75) is 6.92 Å². The zero-order valence-corrected chi connectivity index (χ0v) is 11.0. The van der Waals surface area contributed by atoms with Crippen molar-refractivity contribution in [3.05, 3.63) is 60.2 Å². The largest absolute Gasteiger partial charge is 0.226 e. The van der Waals surface area contributed by atoms with Crippen LogP contribution in [0.1, 0.15) is 5.56 Å². The zero-order valence-electron chi connectivity index (χ0n) is 8.12. The van der Waals surface area contributed by atoms with Crippen LogP contribution >= 0.6 is 0 Å². The molecule has 0 aromatic heterocycles. The molecule has 0 unspecified atom stereocenters. The van der Waals surface area contributed by atoms with Gasteiger partial charge in [-0.15, -0.1) is 11.6 Å². The summed E-state index contributed by atoms with van der Waals surface area (Å²) in [6.07, 6.45) is 0. The molecule has 0 aliphatic heterocycles. The third-order valence-electron chi connectivity index (χ3n) is 1.97. The average Bonchev–Trinajstić information content (AvgIpc) is 2.20. The fraction of sp³-hybridized carbons (Fsp3) is 0.0769. The minimum absolute atomic E-state index is 0. The maximum Gasteiger partial charge on any atom is 0 e. The van der Waals surface area contributed by atoms with Gasteiger partial charge in [0.2, 0.25) is 0 Å². The van der Waals surface area contributed by atoms with E-state index in [1.54, 1.807) is 0 Å². The molecular formula is C13H10Y-2. The van der Waals surface area contributed by atoms with Crippen molar-refractivity contribution in [3.63, 3.8) is 0 Å². The molecule has 2 rings (SSSR count). The van der Waals surface area contributed by atoms with Crippen LogP contribution in [-0.4, -0.2) is 0 Å². The monoisotopic (exact) mass is 255 g/mol. The molecule has 1 heteroatoms. The molecule has 0 atom stereocenters. The minimum atomic E-state index is 0. The Morgan fingerprint density at radius 1 is 0.929 bits per heavy atom. The van der Waals surface area contributed by atoms with Gasteiger partial charge in [-0.2, -0.15) is 48.5 Å². The normalized spacial score (nSPS) is 9.21. The topological polar surface area (TPSA) is 0 Å². The summed E-state index contributed by atoms with van der Waals surface area (Å²) in [5.41, 5.74) is 3.44. The van der Waals surface area contributed by atoms with Crippen LogP contribution in [0.15, 0.2) is 42.5 Å². The van der Waals surface area contributed by atoms with Crippen LogP contribution < -0.4 is 0 Å². The van der Waals surface area contributed by atoms with Gasteiger partial charge in [0.15, 0.2) is 0 Å². The molecule has 1 radical (unpaired) electrons. The van der Waals surface area contributed by atoms with E-state index >= 15 is 0 Å². The van der Waals surface area contributed by atoms with Gasteiger partial charge in [-0.25, -0.2) is 11.1 Å². The number of hydrogen-bond acceptors (Lipinski definition) is 0. The molecule has 67 valence electrons. The van der Waals surface area contributed by atoms with E-state index in [9.17, 15) is 0 Å². The molecule has 0 saturated heterocycles. The van der Waals surface area contributed by atoms with Crippen molar-refractivity contribution >= 4 is 0 Å². The van der Waals surface area contributed by atoms with Gasteiger partial charge in [0.05, 0.1) is 0 Å². The van der Waals surface area contributed by atoms with Crippen LogP contribution in [0.25, 0.3) is 11.1 Å². The zero-order chi connectivity index (χ0) is 9.10. The van der Waals surface area contributed by atoms with Crippen molar-refractivity contribution in [1.82, 2.24) is 0 Å². The predicted octanol–water partition coefficient (Wildman–Crippen LogP) is 3.26. The summed E-state index contributed by atoms with van der Waals surface area (Å²) >= 11 is 0. The molecule has 0 N–H and O–H groups in total. The van der Waals surface area contributed by atoms with Crippen molar-refractivity contribution < 1.29 is 32.7 Å². The first-order valence-corrected chi connectivity index (χ1v) is 4.32. The number of rotatable bonds is 1. The molecule has 0 spiro atoms. The van der Waals surface area contributed by atoms with Crippen molar-refractivity contribution in [1.29, 1.82) is 0 Å². The second kappa shape index (κ2) is 5.43. The van der Waals surface area contributed by atoms with E-state index in [-0.39, 0.29) is 32.7 Å². The SMILES string of the molecule is Cc1c[c-]c(-c2[c-]cccc2)cc1.[Y]. The molecule has 2 aromatic carbocycles. The van der Waals surface area contributed by atoms with Crippen LogP contribution in [0.5, 0.6) is 0 Å². The number of hydrogen-bond donors (Lipinski definition) is 0. The Bertz CT molecular complexity index is 376. The summed E-state index contributed by atoms with van der Waals surface area (Å²) in [6, 6.07) is 20.5. The summed E-state index contributed by atoms with van der Waals surface area (Å²) in [6.45, 7) is 2.06. The van der Waals surface area contributed by atoms with E-state index < -0.39 is 0 Å². The van der Waals surface area contributed by atoms with Crippen molar-refractivity contribution in [2.75, 3.05) is 0 Å². The summed E-state index contributed by atoms with van der Waals surface area (Å²) in [5, 5.41) is 0. The standard InChI is InChI=1S/C13H10.Y/c1-11-7-9-13(10-8-11)12-5-3-2-4-6-12;/h2-5,7-9H,1H3;/q-2;. The molecule has 0 saturated carbocycles. The summed E-state index contributed by atoms with van der Waals surface area (Å²) in [7, 11) is 0. The molecule has 0 heterocycles. The Morgan fingerprint density at radius 3 is 2.29 bits per heavy atom. The maximum atomic E-state index is 3.22. The van der Waals surface area contributed by atoms with Gasteiger partial charge < -0.3 is 0 Å². The fourth-order valence-electron chi connectivity index (χ4n) is 1.23. The first kappa shape index (κ1) is 11.6. The molecule has 0 bridgehead atoms. The molecule has 14 heavy (non-hydrogen) atoms. The Labute approximate surface area is 110 Å². The van der Waals surface area contributed by atoms with Crippen LogP contribution in [0.2, 0.25) is 0 Å². The third-order valence-corrected chi connectivity index (χ3v) is 1.97. The van der Waals surface area contributed by atoms with Gasteiger partial charge in [-0.3, -0.25) is 0 Å². The van der Waals surface area contributed by atoms with Gasteiger partial charge in [0.25, 0.3) is 0 Å². The second-order valence-electron chi connectivity index (χ2n) is 3.06. The van der Waals surface area contributed by atoms with Crippen molar-refractivity contribution in [3.8, 4) is 11.1 Å². The fourth-order valence-corrected chi connectivity index (χ4v) is 1.23. The van der Waals surface area contributed by atoms with Gasteiger partial charge in [-0.05, 0) is 0 Å². The van der Waals surface area contributed by atoms with Crippen molar-refractivity contribution in [2.24, 2.45) is 0 Å². The molecule has 0 fully saturated rings. The van der Waals surface area contributed by atoms with E-state index in [0.29, 0.717) is 0 Å². The summed E-state index contributed by atoms with van der Waals surface area (Å²) < 4.78 is 0. The van der Waals surface area contributed by atoms with E-state index in [2.05, 4.69) is 31.2 Å². The smallest absolute Gasteiger partial charge is 0 e. The van der Waals surface area contributed by atoms with Crippen LogP contribution in [0, 0.1) is 19.1 Å². The van der Waals surface area contributed by atoms with Crippen LogP contribution in [-0.2, 0) is 32.7 Å². The van der Waals surface area contributed by atoms with Gasteiger partial charge >= 0.3 is 0 Å². The number of benzene rings is 2. The summed E-state index contributed by atoms with van der Waals surface area (Å²) in [5.74, 6) is 0. The van der Waals surface area contributed by atoms with E-state index in [4.69, 9.17) is 0 Å². The van der Waals surface area contributed by atoms with Gasteiger partial charge in [0.1, 0.15) is 0 Å². The minimum Gasteiger partial charge on any atom is -0.226 e. The maximum absolute atomic E-state index is 3.22. The molecule has 2 aromatic rings. The van der Waals surface area contributed by atoms with Crippen LogP contribution in [0.4, 0.5) is 0 Å². The Balaban J connectivity index is 0.000000980. The first-order valence-electron chi connectivity index (χ1n) is 4.32. The van der Waals surface area contributed by atoms with E-state index in [0.717, 1.165) is 11.1 Å². The average molecular weight is 255 g/mol. The predicted molar refractivity (Wildman–Crippen MR) is 54.3 cm³/mol. The van der Waals surface area contributed by atoms with Gasteiger partial charge in [-0.1, -0.05) is 6.92 Å². The first-order chi connectivity index (χ1) is 6.36. The second-order valence-corrected chi connectivity index (χ2v) is 3.06. The molecule has 0 aliphatic rings. The third kappa shape index (κ3) is 2.77. The Hall–Kier alpha value is -0.456. The summed E-state index contributed by atoms with van der Waals surface area (Å²) in [4.78, 5) is 0. The molecule has 0 aliphatic carbocycles. The van der Waals surface area contributed by atoms with E-state index in [1.807, 2.05) is 30.3 Å². The van der Waals surface area contributed by atoms with Crippen LogP contribution in [0.3, 0.4) is 0 Å². The molecule has 0 amide bonds. The molecular weight excluding hydrogens is 245 g/mol. The Morgan fingerprint density at radius 2 is 1.71 bits per heavy atom. The quantitative estimate of drug-likeness (QED) is 0.686. The Kier molecular flexibility index (Phi) is 4.51.